The van der Waals surface area contributed by atoms with Crippen LogP contribution in [0.5, 0.6) is 0 Å². The number of nitrogens with zero attached hydrogens (tertiary/aromatic N) is 4. The van der Waals surface area contributed by atoms with E-state index in [0.29, 0.717) is 25.0 Å². The average molecular weight is 583 g/mol. The quantitative estimate of drug-likeness (QED) is 0.133. The highest BCUT2D eigenvalue weighted by molar-refractivity contribution is 8.02. The van der Waals surface area contributed by atoms with Gasteiger partial charge in [0, 0.05) is 11.8 Å². The molecule has 186 valence electrons. The van der Waals surface area contributed by atoms with E-state index in [0.717, 1.165) is 11.6 Å². The summed E-state index contributed by atoms with van der Waals surface area (Å²) in [5.41, 5.74) is 1.45. The van der Waals surface area contributed by atoms with Gasteiger partial charge in [-0.3, -0.25) is 9.59 Å². The van der Waals surface area contributed by atoms with Gasteiger partial charge in [0.1, 0.15) is 30.3 Å². The Bertz CT molecular complexity index is 1540. The van der Waals surface area contributed by atoms with Crippen molar-refractivity contribution in [2.45, 2.75) is 36.4 Å². The van der Waals surface area contributed by atoms with Crippen molar-refractivity contribution in [3.8, 4) is 0 Å². The van der Waals surface area contributed by atoms with Crippen molar-refractivity contribution in [3.05, 3.63) is 62.0 Å². The van der Waals surface area contributed by atoms with E-state index in [1.165, 1.54) is 47.1 Å². The van der Waals surface area contributed by atoms with Gasteiger partial charge in [0.25, 0.3) is 0 Å². The lowest BCUT2D eigenvalue weighted by Crippen LogP contribution is -2.14. The fraction of sp³-hybridized carbons (Fsp3) is 0.217. The summed E-state index contributed by atoms with van der Waals surface area (Å²) in [6, 6.07) is 7.84. The van der Waals surface area contributed by atoms with Gasteiger partial charge < -0.3 is 5.32 Å². The molecule has 13 heteroatoms. The van der Waals surface area contributed by atoms with Gasteiger partial charge in [-0.25, -0.2) is 19.0 Å². The Kier molecular flexibility index (Phi) is 8.36. The second-order valence-electron chi connectivity index (χ2n) is 7.82. The first-order chi connectivity index (χ1) is 17.1. The highest BCUT2D eigenvalue weighted by Crippen LogP contribution is 2.31. The highest BCUT2D eigenvalue weighted by Gasteiger charge is 2.16. The second kappa shape index (κ2) is 11.3. The minimum Gasteiger partial charge on any atom is -0.337 e. The number of carbonyl (C=O) groups excluding carboxylic acids is 2. The summed E-state index contributed by atoms with van der Waals surface area (Å²) < 4.78 is 17.0. The molecule has 2 aromatic carbocycles. The molecule has 1 unspecified atom stereocenters. The monoisotopic (exact) mass is 581 g/mol. The fourth-order valence-corrected chi connectivity index (χ4v) is 5.97. The van der Waals surface area contributed by atoms with E-state index in [9.17, 15) is 14.0 Å². The maximum Gasteiger partial charge on any atom is 0.180 e. The Labute approximate surface area is 229 Å². The molecule has 1 N–H and O–H groups in total. The molecule has 0 fully saturated rings. The van der Waals surface area contributed by atoms with Crippen LogP contribution in [0, 0.1) is 9.77 Å². The lowest BCUT2D eigenvalue weighted by atomic mass is 10.1. The normalized spacial score (nSPS) is 12.0. The van der Waals surface area contributed by atoms with Gasteiger partial charge in [0.2, 0.25) is 0 Å². The van der Waals surface area contributed by atoms with Crippen LogP contribution in [0.1, 0.15) is 19.4 Å². The predicted octanol–water partition coefficient (Wildman–Crippen LogP) is 6.69. The van der Waals surface area contributed by atoms with Crippen LogP contribution in [0.3, 0.4) is 0 Å². The van der Waals surface area contributed by atoms with E-state index in [2.05, 4.69) is 20.4 Å². The Morgan fingerprint density at radius 2 is 1.97 bits per heavy atom. The molecule has 0 radical (unpaired) electrons. The molecule has 0 amide bonds. The number of aromatic nitrogens is 4. The molecule has 0 saturated heterocycles. The number of Topliss-reactive ketones (excluding diaryl/α,β-unsaturated/α-hetero) is 2. The summed E-state index contributed by atoms with van der Waals surface area (Å²) in [6.07, 6.45) is 1.48. The number of carbonyl (C=O) groups is 2. The van der Waals surface area contributed by atoms with Crippen LogP contribution in [-0.2, 0) is 22.6 Å². The molecule has 0 aliphatic carbocycles. The molecule has 0 bridgehead atoms. The largest absolute Gasteiger partial charge is 0.337 e. The highest BCUT2D eigenvalue weighted by atomic mass is 35.5. The Hall–Kier alpha value is -2.44. The molecule has 36 heavy (non-hydrogen) atoms. The summed E-state index contributed by atoms with van der Waals surface area (Å²) >= 11 is 19.8. The van der Waals surface area contributed by atoms with Crippen LogP contribution in [0.25, 0.3) is 10.9 Å². The SMILES string of the molecule is CC(=O)C(C)Sc1nn(CC(=O)Cc2ccc3ncnc(Nc4cc(Cl)c(Cl)cc4F)c3c2)c(=S)s1. The van der Waals surface area contributed by atoms with Crippen LogP contribution in [0.2, 0.25) is 10.0 Å². The molecule has 1 atom stereocenters. The van der Waals surface area contributed by atoms with E-state index in [-0.39, 0.29) is 45.5 Å². The number of nitrogens with one attached hydrogen (secondary N) is 1. The van der Waals surface area contributed by atoms with E-state index < -0.39 is 5.82 Å². The van der Waals surface area contributed by atoms with Crippen molar-refractivity contribution in [2.75, 3.05) is 5.32 Å². The van der Waals surface area contributed by atoms with E-state index in [4.69, 9.17) is 35.4 Å². The van der Waals surface area contributed by atoms with E-state index >= 15 is 0 Å². The van der Waals surface area contributed by atoms with Crippen LogP contribution in [0.15, 0.2) is 41.0 Å². The molecule has 2 aromatic heterocycles. The van der Waals surface area contributed by atoms with Gasteiger partial charge in [-0.1, -0.05) is 52.4 Å². The Balaban J connectivity index is 1.53. The molecule has 7 nitrogen and oxygen atoms in total. The summed E-state index contributed by atoms with van der Waals surface area (Å²) in [7, 11) is 0. The van der Waals surface area contributed by atoms with E-state index in [1.54, 1.807) is 25.1 Å². The lowest BCUT2D eigenvalue weighted by Gasteiger charge is -2.11. The number of rotatable bonds is 9. The number of thioether (sulfide) groups is 1. The first-order valence-corrected chi connectivity index (χ1v) is 13.4. The van der Waals surface area contributed by atoms with Gasteiger partial charge in [-0.05, 0) is 55.9 Å². The van der Waals surface area contributed by atoms with Crippen molar-refractivity contribution >= 4 is 92.5 Å². The molecular formula is C23H18Cl2FN5O2S3. The zero-order valence-electron chi connectivity index (χ0n) is 18.9. The molecular weight excluding hydrogens is 564 g/mol. The minimum absolute atomic E-state index is 0.00721. The molecule has 0 saturated carbocycles. The molecule has 0 spiro atoms. The van der Waals surface area contributed by atoms with Crippen molar-refractivity contribution in [1.29, 1.82) is 0 Å². The van der Waals surface area contributed by atoms with Gasteiger partial charge in [0.15, 0.2) is 14.1 Å². The zero-order valence-corrected chi connectivity index (χ0v) is 22.9. The maximum absolute atomic E-state index is 14.4. The second-order valence-corrected chi connectivity index (χ2v) is 11.8. The average Bonchev–Trinajstić information content (AvgIpc) is 3.15. The van der Waals surface area contributed by atoms with Crippen LogP contribution >= 0.6 is 58.5 Å². The number of anilines is 2. The molecule has 2 heterocycles. The fourth-order valence-electron chi connectivity index (χ4n) is 3.18. The number of ketones is 2. The van der Waals surface area contributed by atoms with Crippen LogP contribution in [-0.4, -0.2) is 36.6 Å². The van der Waals surface area contributed by atoms with Crippen molar-refractivity contribution in [2.24, 2.45) is 0 Å². The number of halogens is 3. The zero-order chi connectivity index (χ0) is 26.0. The smallest absolute Gasteiger partial charge is 0.180 e. The summed E-state index contributed by atoms with van der Waals surface area (Å²) in [6.45, 7) is 3.33. The first kappa shape index (κ1) is 26.6. The van der Waals surface area contributed by atoms with Crippen LogP contribution < -0.4 is 5.32 Å². The van der Waals surface area contributed by atoms with Gasteiger partial charge >= 0.3 is 0 Å². The van der Waals surface area contributed by atoms with Crippen LogP contribution in [0.4, 0.5) is 15.9 Å². The number of hydrogen-bond acceptors (Lipinski definition) is 9. The van der Waals surface area contributed by atoms with Crippen molar-refractivity contribution in [1.82, 2.24) is 19.7 Å². The van der Waals surface area contributed by atoms with E-state index in [1.807, 2.05) is 0 Å². The summed E-state index contributed by atoms with van der Waals surface area (Å²) in [5, 5.41) is 7.98. The standard InChI is InChI=1S/C23H18Cl2FN5O2S3/c1-11(32)12(2)35-22-30-31(23(34)36-22)9-14(33)5-13-3-4-19-15(6-13)21(28-10-27-19)29-20-8-17(25)16(24)7-18(20)26/h3-4,6-8,10,12H,5,9H2,1-2H3,(H,27,28,29). The first-order valence-electron chi connectivity index (χ1n) is 10.5. The molecule has 4 rings (SSSR count). The number of fused-ring (bicyclic) bond motifs is 1. The van der Waals surface area contributed by atoms with Crippen molar-refractivity contribution < 1.29 is 14.0 Å². The van der Waals surface area contributed by atoms with Gasteiger partial charge in [-0.15, -0.1) is 0 Å². The predicted molar refractivity (Wildman–Crippen MR) is 145 cm³/mol. The van der Waals surface area contributed by atoms with Gasteiger partial charge in [-0.2, -0.15) is 5.10 Å². The van der Waals surface area contributed by atoms with Crippen molar-refractivity contribution in [3.63, 3.8) is 0 Å². The Morgan fingerprint density at radius 1 is 1.22 bits per heavy atom. The Morgan fingerprint density at radius 3 is 2.72 bits per heavy atom. The molecule has 0 aliphatic heterocycles. The third kappa shape index (κ3) is 6.27. The minimum atomic E-state index is -0.585. The summed E-state index contributed by atoms with van der Waals surface area (Å²) in [5.74, 6) is -0.291. The van der Waals surface area contributed by atoms with Gasteiger partial charge in [0.05, 0.1) is 26.5 Å². The number of hydrogen-bond donors (Lipinski definition) is 1. The third-order valence-electron chi connectivity index (χ3n) is 5.13. The molecule has 0 aliphatic rings. The molecule has 4 aromatic rings. The third-order valence-corrected chi connectivity index (χ3v) is 8.46. The maximum atomic E-state index is 14.4. The lowest BCUT2D eigenvalue weighted by molar-refractivity contribution is -0.119. The number of benzene rings is 2. The summed E-state index contributed by atoms with van der Waals surface area (Å²) in [4.78, 5) is 32.8. The topological polar surface area (TPSA) is 89.8 Å².